The molecule has 1 aromatic carbocycles. The number of hydrogen-bond acceptors (Lipinski definition) is 4. The van der Waals surface area contributed by atoms with E-state index in [9.17, 15) is 14.0 Å². The summed E-state index contributed by atoms with van der Waals surface area (Å²) in [5.41, 5.74) is 0.174. The van der Waals surface area contributed by atoms with Gasteiger partial charge in [-0.3, -0.25) is 9.59 Å². The molecule has 6 rings (SSSR count). The quantitative estimate of drug-likeness (QED) is 0.667. The molecule has 4 bridgehead atoms. The Morgan fingerprint density at radius 2 is 1.81 bits per heavy atom. The molecule has 1 aromatic rings. The van der Waals surface area contributed by atoms with E-state index in [1.807, 2.05) is 11.0 Å². The first kappa shape index (κ1) is 21.2. The Hall–Kier alpha value is -2.62. The van der Waals surface area contributed by atoms with Gasteiger partial charge in [-0.25, -0.2) is 4.39 Å². The van der Waals surface area contributed by atoms with Crippen LogP contribution in [0.3, 0.4) is 0 Å². The summed E-state index contributed by atoms with van der Waals surface area (Å²) in [7, 11) is 0. The summed E-state index contributed by atoms with van der Waals surface area (Å²) in [4.78, 5) is 28.5. The van der Waals surface area contributed by atoms with Crippen LogP contribution in [0.25, 0.3) is 0 Å². The molecule has 2 N–H and O–H groups in total. The van der Waals surface area contributed by atoms with Gasteiger partial charge in [-0.15, -0.1) is 0 Å². The van der Waals surface area contributed by atoms with Crippen LogP contribution in [0.2, 0.25) is 0 Å². The van der Waals surface area contributed by atoms with Crippen LogP contribution in [0, 0.1) is 40.3 Å². The summed E-state index contributed by atoms with van der Waals surface area (Å²) < 4.78 is 13.7. The predicted octanol–water partition coefficient (Wildman–Crippen LogP) is 3.43. The molecule has 5 fully saturated rings. The third-order valence-electron chi connectivity index (χ3n) is 8.17. The number of halogens is 1. The summed E-state index contributed by atoms with van der Waals surface area (Å²) in [5.74, 6) is 1.66. The second-order valence-corrected chi connectivity index (χ2v) is 10.3. The van der Waals surface area contributed by atoms with Crippen molar-refractivity contribution in [3.63, 3.8) is 0 Å². The van der Waals surface area contributed by atoms with E-state index in [2.05, 4.69) is 10.6 Å². The van der Waals surface area contributed by atoms with E-state index in [0.717, 1.165) is 25.7 Å². The molecule has 1 saturated heterocycles. The van der Waals surface area contributed by atoms with E-state index in [1.165, 1.54) is 25.3 Å². The molecule has 170 valence electrons. The second-order valence-electron chi connectivity index (χ2n) is 10.3. The van der Waals surface area contributed by atoms with Gasteiger partial charge in [0.1, 0.15) is 23.5 Å². The summed E-state index contributed by atoms with van der Waals surface area (Å²) in [6.45, 7) is 1.39. The number of amides is 2. The Balaban J connectivity index is 1.17. The average Bonchev–Trinajstić information content (AvgIpc) is 3.25. The normalized spacial score (nSPS) is 32.6. The summed E-state index contributed by atoms with van der Waals surface area (Å²) in [6.07, 6.45) is 8.50. The van der Waals surface area contributed by atoms with E-state index in [1.54, 1.807) is 12.1 Å². The monoisotopic (exact) mass is 438 g/mol. The molecule has 7 heteroatoms. The van der Waals surface area contributed by atoms with Crippen LogP contribution in [0.4, 0.5) is 10.1 Å². The summed E-state index contributed by atoms with van der Waals surface area (Å²) in [5, 5.41) is 15.1. The first-order valence-corrected chi connectivity index (χ1v) is 12.0. The van der Waals surface area contributed by atoms with Gasteiger partial charge < -0.3 is 15.5 Å². The molecule has 4 aliphatic carbocycles. The van der Waals surface area contributed by atoms with Crippen LogP contribution < -0.4 is 10.6 Å². The van der Waals surface area contributed by atoms with Crippen molar-refractivity contribution in [1.82, 2.24) is 10.2 Å². The van der Waals surface area contributed by atoms with Crippen molar-refractivity contribution in [2.75, 3.05) is 25.0 Å². The lowest BCUT2D eigenvalue weighted by molar-refractivity contribution is -0.160. The van der Waals surface area contributed by atoms with E-state index in [4.69, 9.17) is 5.26 Å². The molecule has 6 nitrogen and oxygen atoms in total. The third-order valence-corrected chi connectivity index (χ3v) is 8.17. The number of hydrogen-bond donors (Lipinski definition) is 2. The maximum absolute atomic E-state index is 13.7. The third kappa shape index (κ3) is 3.74. The number of carbonyl (C=O) groups excluding carboxylic acids is 2. The zero-order valence-corrected chi connectivity index (χ0v) is 18.4. The number of likely N-dealkylation sites (tertiary alicyclic amines) is 1. The van der Waals surface area contributed by atoms with E-state index >= 15 is 0 Å². The highest BCUT2D eigenvalue weighted by Gasteiger charge is 2.56. The van der Waals surface area contributed by atoms with Crippen LogP contribution in [-0.4, -0.2) is 42.4 Å². The minimum Gasteiger partial charge on any atom is -0.382 e. The molecule has 1 aliphatic heterocycles. The number of nitrogens with zero attached hydrogens (tertiary/aromatic N) is 2. The van der Waals surface area contributed by atoms with Crippen LogP contribution in [0.1, 0.15) is 56.9 Å². The summed E-state index contributed by atoms with van der Waals surface area (Å²) in [6, 6.07) is 5.91. The molecule has 4 saturated carbocycles. The molecule has 1 unspecified atom stereocenters. The number of nitrogens with one attached hydrogen (secondary N) is 2. The van der Waals surface area contributed by atoms with Gasteiger partial charge in [0.2, 0.25) is 11.8 Å². The molecule has 1 heterocycles. The summed E-state index contributed by atoms with van der Waals surface area (Å²) >= 11 is 0. The smallest absolute Gasteiger partial charge is 0.242 e. The van der Waals surface area contributed by atoms with Crippen molar-refractivity contribution in [2.24, 2.45) is 23.2 Å². The van der Waals surface area contributed by atoms with Crippen LogP contribution >= 0.6 is 0 Å². The molecule has 2 amide bonds. The first-order chi connectivity index (χ1) is 15.5. The van der Waals surface area contributed by atoms with E-state index in [0.29, 0.717) is 49.5 Å². The molecule has 32 heavy (non-hydrogen) atoms. The van der Waals surface area contributed by atoms with Gasteiger partial charge in [-0.1, -0.05) is 6.07 Å². The minimum atomic E-state index is -0.564. The highest BCUT2D eigenvalue weighted by molar-refractivity contribution is 5.91. The largest absolute Gasteiger partial charge is 0.382 e. The van der Waals surface area contributed by atoms with Gasteiger partial charge in [0.05, 0.1) is 11.1 Å². The minimum absolute atomic E-state index is 0.0260. The number of nitriles is 1. The maximum atomic E-state index is 13.7. The Morgan fingerprint density at radius 1 is 1.12 bits per heavy atom. The van der Waals surface area contributed by atoms with Gasteiger partial charge >= 0.3 is 0 Å². The Bertz CT molecular complexity index is 920. The van der Waals surface area contributed by atoms with Gasteiger partial charge in [-0.2, -0.15) is 5.26 Å². The SMILES string of the molecule is N#Cc1c(F)cccc1NCCNC(=O)C1CCCN1C(=O)C12CC3CC(CC(C3)C1)C2. The fourth-order valence-electron chi connectivity index (χ4n) is 7.25. The Morgan fingerprint density at radius 3 is 2.47 bits per heavy atom. The number of benzene rings is 1. The van der Waals surface area contributed by atoms with Crippen LogP contribution in [0.15, 0.2) is 18.2 Å². The number of rotatable bonds is 6. The van der Waals surface area contributed by atoms with E-state index in [-0.39, 0.29) is 28.8 Å². The standard InChI is InChI=1S/C25H31FN4O2/c26-20-3-1-4-21(19(20)15-27)28-6-7-29-23(31)22-5-2-8-30(22)24(32)25-12-16-9-17(13-25)11-18(10-16)14-25/h1,3-4,16-18,22,28H,2,5-14H2,(H,29,31). The van der Waals surface area contributed by atoms with Gasteiger partial charge in [-0.05, 0) is 81.3 Å². The van der Waals surface area contributed by atoms with Crippen LogP contribution in [0.5, 0.6) is 0 Å². The van der Waals surface area contributed by atoms with Crippen molar-refractivity contribution in [2.45, 2.75) is 57.4 Å². The zero-order chi connectivity index (χ0) is 22.3. The lowest BCUT2D eigenvalue weighted by Crippen LogP contribution is -2.57. The van der Waals surface area contributed by atoms with Crippen molar-refractivity contribution in [3.05, 3.63) is 29.6 Å². The van der Waals surface area contributed by atoms with Crippen molar-refractivity contribution in [1.29, 1.82) is 5.26 Å². The number of anilines is 1. The lowest BCUT2D eigenvalue weighted by Gasteiger charge is -2.56. The molecule has 0 radical (unpaired) electrons. The second kappa shape index (κ2) is 8.38. The molecule has 0 aromatic heterocycles. The molecular weight excluding hydrogens is 407 g/mol. The topological polar surface area (TPSA) is 85.2 Å². The molecule has 5 aliphatic rings. The highest BCUT2D eigenvalue weighted by Crippen LogP contribution is 2.60. The molecule has 1 atom stereocenters. The average molecular weight is 439 g/mol. The zero-order valence-electron chi connectivity index (χ0n) is 18.4. The maximum Gasteiger partial charge on any atom is 0.242 e. The first-order valence-electron chi connectivity index (χ1n) is 12.0. The van der Waals surface area contributed by atoms with Crippen LogP contribution in [-0.2, 0) is 9.59 Å². The predicted molar refractivity (Wildman–Crippen MR) is 118 cm³/mol. The number of carbonyl (C=O) groups is 2. The Kier molecular flexibility index (Phi) is 5.56. The Labute approximate surface area is 188 Å². The van der Waals surface area contributed by atoms with Crippen molar-refractivity contribution < 1.29 is 14.0 Å². The fourth-order valence-corrected chi connectivity index (χ4v) is 7.25. The van der Waals surface area contributed by atoms with Gasteiger partial charge in [0.15, 0.2) is 0 Å². The van der Waals surface area contributed by atoms with Crippen molar-refractivity contribution in [3.8, 4) is 6.07 Å². The molecular formula is C25H31FN4O2. The fraction of sp³-hybridized carbons (Fsp3) is 0.640. The van der Waals surface area contributed by atoms with Gasteiger partial charge in [0, 0.05) is 19.6 Å². The molecule has 0 spiro atoms. The lowest BCUT2D eigenvalue weighted by atomic mass is 9.49. The van der Waals surface area contributed by atoms with Gasteiger partial charge in [0.25, 0.3) is 0 Å². The highest BCUT2D eigenvalue weighted by atomic mass is 19.1. The van der Waals surface area contributed by atoms with E-state index < -0.39 is 5.82 Å². The van der Waals surface area contributed by atoms with Crippen molar-refractivity contribution >= 4 is 17.5 Å².